The minimum atomic E-state index is 0.0925. The smallest absolute Gasteiger partial charge is 0.150 e. The Kier molecular flexibility index (Phi) is 5.25. The van der Waals surface area contributed by atoms with Crippen LogP contribution in [0.3, 0.4) is 0 Å². The van der Waals surface area contributed by atoms with Crippen molar-refractivity contribution in [2.24, 2.45) is 7.05 Å². The molecular weight excluding hydrogens is 256 g/mol. The number of nitrogen functional groups attached to an aromatic ring is 1. The van der Waals surface area contributed by atoms with Crippen molar-refractivity contribution in [1.29, 1.82) is 0 Å². The first-order valence-corrected chi connectivity index (χ1v) is 7.46. The molecule has 1 aromatic heterocycles. The second-order valence-electron chi connectivity index (χ2n) is 5.34. The molecule has 3 N–H and O–H groups in total. The standard InChI is InChI=1S/C14H26N4O2/c1-3-4-12-13(15)14(17(2)16-12)18-7-5-11(6-8-18)20-10-9-19/h11,19H,3-10,15H2,1-2H3. The fourth-order valence-corrected chi connectivity index (χ4v) is 2.84. The van der Waals surface area contributed by atoms with Crippen molar-refractivity contribution in [3.05, 3.63) is 5.69 Å². The van der Waals surface area contributed by atoms with Crippen molar-refractivity contribution in [3.63, 3.8) is 0 Å². The lowest BCUT2D eigenvalue weighted by Crippen LogP contribution is -2.38. The van der Waals surface area contributed by atoms with Gasteiger partial charge >= 0.3 is 0 Å². The summed E-state index contributed by atoms with van der Waals surface area (Å²) < 4.78 is 7.49. The third kappa shape index (κ3) is 3.24. The van der Waals surface area contributed by atoms with Crippen LogP contribution >= 0.6 is 0 Å². The molecule has 0 radical (unpaired) electrons. The van der Waals surface area contributed by atoms with E-state index >= 15 is 0 Å². The van der Waals surface area contributed by atoms with Crippen molar-refractivity contribution in [2.45, 2.75) is 38.7 Å². The van der Waals surface area contributed by atoms with Crippen molar-refractivity contribution in [3.8, 4) is 0 Å². The van der Waals surface area contributed by atoms with E-state index in [2.05, 4.69) is 16.9 Å². The molecular formula is C14H26N4O2. The van der Waals surface area contributed by atoms with Gasteiger partial charge in [-0.05, 0) is 19.3 Å². The van der Waals surface area contributed by atoms with Crippen molar-refractivity contribution in [1.82, 2.24) is 9.78 Å². The molecule has 1 fully saturated rings. The van der Waals surface area contributed by atoms with E-state index in [-0.39, 0.29) is 12.7 Å². The summed E-state index contributed by atoms with van der Waals surface area (Å²) in [5, 5.41) is 13.3. The molecule has 0 aliphatic carbocycles. The van der Waals surface area contributed by atoms with Crippen molar-refractivity contribution in [2.75, 3.05) is 36.9 Å². The molecule has 2 rings (SSSR count). The lowest BCUT2D eigenvalue weighted by molar-refractivity contribution is 0.0158. The number of aryl methyl sites for hydroxylation is 2. The van der Waals surface area contributed by atoms with E-state index in [1.165, 1.54) is 0 Å². The predicted molar refractivity (Wildman–Crippen MR) is 79.9 cm³/mol. The minimum Gasteiger partial charge on any atom is -0.394 e. The zero-order chi connectivity index (χ0) is 14.5. The number of aliphatic hydroxyl groups is 1. The number of hydrogen-bond donors (Lipinski definition) is 2. The molecule has 0 saturated carbocycles. The van der Waals surface area contributed by atoms with Gasteiger partial charge in [-0.2, -0.15) is 5.10 Å². The summed E-state index contributed by atoms with van der Waals surface area (Å²) in [6, 6.07) is 0. The number of rotatable bonds is 6. The van der Waals surface area contributed by atoms with Gasteiger partial charge in [0, 0.05) is 20.1 Å². The minimum absolute atomic E-state index is 0.0925. The molecule has 0 unspecified atom stereocenters. The number of ether oxygens (including phenoxy) is 1. The Labute approximate surface area is 120 Å². The van der Waals surface area contributed by atoms with Crippen LogP contribution in [-0.2, 0) is 18.2 Å². The summed E-state index contributed by atoms with van der Waals surface area (Å²) in [5.74, 6) is 1.04. The Morgan fingerprint density at radius 3 is 2.70 bits per heavy atom. The van der Waals surface area contributed by atoms with Gasteiger partial charge in [-0.15, -0.1) is 0 Å². The topological polar surface area (TPSA) is 76.5 Å². The van der Waals surface area contributed by atoms with E-state index < -0.39 is 0 Å². The normalized spacial score (nSPS) is 16.9. The van der Waals surface area contributed by atoms with E-state index in [1.807, 2.05) is 11.7 Å². The highest BCUT2D eigenvalue weighted by Crippen LogP contribution is 2.29. The molecule has 20 heavy (non-hydrogen) atoms. The maximum Gasteiger partial charge on any atom is 0.150 e. The average Bonchev–Trinajstić information content (AvgIpc) is 2.73. The number of anilines is 2. The first kappa shape index (κ1) is 15.1. The highest BCUT2D eigenvalue weighted by molar-refractivity contribution is 5.66. The lowest BCUT2D eigenvalue weighted by Gasteiger charge is -2.33. The van der Waals surface area contributed by atoms with Gasteiger partial charge in [-0.25, -0.2) is 0 Å². The van der Waals surface area contributed by atoms with E-state index in [9.17, 15) is 0 Å². The Morgan fingerprint density at radius 1 is 1.40 bits per heavy atom. The summed E-state index contributed by atoms with van der Waals surface area (Å²) in [6.45, 7) is 4.50. The van der Waals surface area contributed by atoms with Crippen LogP contribution < -0.4 is 10.6 Å². The number of hydrogen-bond acceptors (Lipinski definition) is 5. The van der Waals surface area contributed by atoms with Gasteiger partial charge in [0.15, 0.2) is 0 Å². The highest BCUT2D eigenvalue weighted by atomic mass is 16.5. The first-order chi connectivity index (χ1) is 9.67. The number of nitrogens with zero attached hydrogens (tertiary/aromatic N) is 3. The van der Waals surface area contributed by atoms with Crippen LogP contribution in [0, 0.1) is 0 Å². The van der Waals surface area contributed by atoms with E-state index in [4.69, 9.17) is 15.6 Å². The molecule has 2 heterocycles. The maximum atomic E-state index is 8.79. The Morgan fingerprint density at radius 2 is 2.10 bits per heavy atom. The number of aliphatic hydroxyl groups excluding tert-OH is 1. The zero-order valence-corrected chi connectivity index (χ0v) is 12.5. The SMILES string of the molecule is CCCc1nn(C)c(N2CCC(OCCO)CC2)c1N. The second-order valence-corrected chi connectivity index (χ2v) is 5.34. The maximum absolute atomic E-state index is 8.79. The van der Waals surface area contributed by atoms with E-state index in [0.29, 0.717) is 6.61 Å². The summed E-state index contributed by atoms with van der Waals surface area (Å²) in [6.07, 6.45) is 4.16. The van der Waals surface area contributed by atoms with E-state index in [1.54, 1.807) is 0 Å². The molecule has 0 aromatic carbocycles. The zero-order valence-electron chi connectivity index (χ0n) is 12.5. The van der Waals surface area contributed by atoms with Crippen LogP contribution in [-0.4, -0.2) is 47.3 Å². The number of piperidine rings is 1. The van der Waals surface area contributed by atoms with Gasteiger partial charge in [0.1, 0.15) is 5.82 Å². The fraction of sp³-hybridized carbons (Fsp3) is 0.786. The van der Waals surface area contributed by atoms with Gasteiger partial charge in [-0.1, -0.05) is 13.3 Å². The Balaban J connectivity index is 2.00. The molecule has 0 bridgehead atoms. The second kappa shape index (κ2) is 6.95. The fourth-order valence-electron chi connectivity index (χ4n) is 2.84. The number of nitrogens with two attached hydrogens (primary N) is 1. The summed E-state index contributed by atoms with van der Waals surface area (Å²) in [4.78, 5) is 2.29. The molecule has 1 aliphatic rings. The van der Waals surface area contributed by atoms with Gasteiger partial charge in [0.2, 0.25) is 0 Å². The average molecular weight is 282 g/mol. The predicted octanol–water partition coefficient (Wildman–Crippen LogP) is 0.932. The van der Waals surface area contributed by atoms with Crippen LogP contribution in [0.25, 0.3) is 0 Å². The molecule has 0 amide bonds. The van der Waals surface area contributed by atoms with Crippen molar-refractivity contribution >= 4 is 11.5 Å². The van der Waals surface area contributed by atoms with E-state index in [0.717, 1.165) is 56.0 Å². The lowest BCUT2D eigenvalue weighted by atomic mass is 10.1. The van der Waals surface area contributed by atoms with Crippen LogP contribution in [0.2, 0.25) is 0 Å². The van der Waals surface area contributed by atoms with Crippen LogP contribution in [0.4, 0.5) is 11.5 Å². The Bertz CT molecular complexity index is 425. The molecule has 1 saturated heterocycles. The van der Waals surface area contributed by atoms with Crippen LogP contribution in [0.1, 0.15) is 31.9 Å². The molecule has 1 aromatic rings. The molecule has 6 nitrogen and oxygen atoms in total. The quantitative estimate of drug-likeness (QED) is 0.812. The summed E-state index contributed by atoms with van der Waals surface area (Å²) in [7, 11) is 1.96. The van der Waals surface area contributed by atoms with Crippen LogP contribution in [0.5, 0.6) is 0 Å². The van der Waals surface area contributed by atoms with Crippen LogP contribution in [0.15, 0.2) is 0 Å². The Hall–Kier alpha value is -1.27. The monoisotopic (exact) mass is 282 g/mol. The largest absolute Gasteiger partial charge is 0.394 e. The highest BCUT2D eigenvalue weighted by Gasteiger charge is 2.24. The molecule has 0 atom stereocenters. The van der Waals surface area contributed by atoms with Gasteiger partial charge < -0.3 is 20.5 Å². The third-order valence-corrected chi connectivity index (χ3v) is 3.80. The molecule has 114 valence electrons. The van der Waals surface area contributed by atoms with Crippen molar-refractivity contribution < 1.29 is 9.84 Å². The summed E-state index contributed by atoms with van der Waals surface area (Å²) in [5.41, 5.74) is 8.07. The molecule has 1 aliphatic heterocycles. The number of aromatic nitrogens is 2. The molecule has 6 heteroatoms. The third-order valence-electron chi connectivity index (χ3n) is 3.80. The first-order valence-electron chi connectivity index (χ1n) is 7.46. The molecule has 0 spiro atoms. The summed E-state index contributed by atoms with van der Waals surface area (Å²) >= 11 is 0. The van der Waals surface area contributed by atoms with Gasteiger partial charge in [0.05, 0.1) is 30.7 Å². The van der Waals surface area contributed by atoms with Gasteiger partial charge in [0.25, 0.3) is 0 Å². The van der Waals surface area contributed by atoms with Gasteiger partial charge in [-0.3, -0.25) is 4.68 Å².